The minimum atomic E-state index is -3.55. The van der Waals surface area contributed by atoms with Gasteiger partial charge in [0.1, 0.15) is 10.8 Å². The Balaban J connectivity index is 1.63. The average molecular weight is 460 g/mol. The van der Waals surface area contributed by atoms with Gasteiger partial charge in [0.2, 0.25) is 15.9 Å². The number of rotatable bonds is 6. The van der Waals surface area contributed by atoms with Gasteiger partial charge in [0, 0.05) is 27.2 Å². The summed E-state index contributed by atoms with van der Waals surface area (Å²) in [5.41, 5.74) is 1.80. The van der Waals surface area contributed by atoms with Crippen LogP contribution in [0.5, 0.6) is 0 Å². The number of hydrogen-bond donors (Lipinski definition) is 0. The molecule has 1 fully saturated rings. The molecule has 2 heterocycles. The standard InChI is InChI=1S/C22H25N3O4S2/c1-24(2)21(26)20(16-9-5-3-6-10-16)30-22-23-18-15-17(11-12-19(18)29-22)31(27,28)25-13-7-4-8-14-25/h3,5-6,9-12,15,20H,4,7-8,13-14H2,1-2H3. The van der Waals surface area contributed by atoms with Crippen molar-refractivity contribution in [2.45, 2.75) is 34.6 Å². The third-order valence-electron chi connectivity index (χ3n) is 5.28. The van der Waals surface area contributed by atoms with Crippen molar-refractivity contribution in [3.8, 4) is 0 Å². The molecule has 4 rings (SSSR count). The summed E-state index contributed by atoms with van der Waals surface area (Å²) in [5.74, 6) is -0.0770. The number of carbonyl (C=O) groups excluding carboxylic acids is 1. The number of carbonyl (C=O) groups is 1. The lowest BCUT2D eigenvalue weighted by Crippen LogP contribution is -2.35. The van der Waals surface area contributed by atoms with Gasteiger partial charge < -0.3 is 9.32 Å². The molecule has 1 unspecified atom stereocenters. The molecule has 1 aromatic heterocycles. The molecule has 1 saturated heterocycles. The molecule has 0 radical (unpaired) electrons. The van der Waals surface area contributed by atoms with Crippen molar-refractivity contribution in [1.29, 1.82) is 0 Å². The van der Waals surface area contributed by atoms with E-state index >= 15 is 0 Å². The predicted octanol–water partition coefficient (Wildman–Crippen LogP) is 3.92. The van der Waals surface area contributed by atoms with Gasteiger partial charge in [-0.25, -0.2) is 13.4 Å². The number of piperidine rings is 1. The van der Waals surface area contributed by atoms with Crippen LogP contribution in [-0.2, 0) is 14.8 Å². The maximum atomic E-state index is 13.0. The van der Waals surface area contributed by atoms with E-state index in [1.54, 1.807) is 32.3 Å². The maximum Gasteiger partial charge on any atom is 0.257 e. The molecule has 3 aromatic rings. The van der Waals surface area contributed by atoms with Crippen LogP contribution in [0.2, 0.25) is 0 Å². The Bertz CT molecular complexity index is 1170. The van der Waals surface area contributed by atoms with E-state index in [0.29, 0.717) is 29.4 Å². The number of hydrogen-bond acceptors (Lipinski definition) is 6. The third kappa shape index (κ3) is 4.63. The van der Waals surface area contributed by atoms with E-state index in [2.05, 4.69) is 4.98 Å². The fourth-order valence-electron chi connectivity index (χ4n) is 3.58. The van der Waals surface area contributed by atoms with Gasteiger partial charge >= 0.3 is 0 Å². The summed E-state index contributed by atoms with van der Waals surface area (Å²) in [6.07, 6.45) is 2.82. The van der Waals surface area contributed by atoms with E-state index in [9.17, 15) is 13.2 Å². The van der Waals surface area contributed by atoms with Gasteiger partial charge in [-0.2, -0.15) is 4.31 Å². The van der Waals surface area contributed by atoms with Crippen LogP contribution in [0.15, 0.2) is 63.1 Å². The lowest BCUT2D eigenvalue weighted by atomic mass is 10.1. The monoisotopic (exact) mass is 459 g/mol. The highest BCUT2D eigenvalue weighted by Gasteiger charge is 2.28. The highest BCUT2D eigenvalue weighted by atomic mass is 32.2. The first-order chi connectivity index (χ1) is 14.9. The summed E-state index contributed by atoms with van der Waals surface area (Å²) < 4.78 is 33.3. The molecule has 0 N–H and O–H groups in total. The van der Waals surface area contributed by atoms with E-state index in [4.69, 9.17) is 4.42 Å². The Hall–Kier alpha value is -2.36. The van der Waals surface area contributed by atoms with Crippen LogP contribution in [0.1, 0.15) is 30.1 Å². The Morgan fingerprint density at radius 2 is 1.81 bits per heavy atom. The van der Waals surface area contributed by atoms with Crippen LogP contribution in [0.25, 0.3) is 11.1 Å². The zero-order chi connectivity index (χ0) is 22.0. The maximum absolute atomic E-state index is 13.0. The zero-order valence-corrected chi connectivity index (χ0v) is 19.2. The van der Waals surface area contributed by atoms with Gasteiger partial charge in [0.15, 0.2) is 5.58 Å². The highest BCUT2D eigenvalue weighted by molar-refractivity contribution is 8.00. The zero-order valence-electron chi connectivity index (χ0n) is 17.5. The summed E-state index contributed by atoms with van der Waals surface area (Å²) in [7, 11) is -0.129. The summed E-state index contributed by atoms with van der Waals surface area (Å²) >= 11 is 1.22. The van der Waals surface area contributed by atoms with Crippen molar-refractivity contribution >= 4 is 38.8 Å². The molecule has 164 valence electrons. The van der Waals surface area contributed by atoms with E-state index in [1.807, 2.05) is 30.3 Å². The van der Waals surface area contributed by atoms with E-state index in [-0.39, 0.29) is 10.8 Å². The number of fused-ring (bicyclic) bond motifs is 1. The number of likely N-dealkylation sites (N-methyl/N-ethyl adjacent to an activating group) is 1. The minimum absolute atomic E-state index is 0.0770. The number of amides is 1. The van der Waals surface area contributed by atoms with Crippen molar-refractivity contribution < 1.29 is 17.6 Å². The molecule has 1 aliphatic heterocycles. The van der Waals surface area contributed by atoms with Crippen molar-refractivity contribution in [2.75, 3.05) is 27.2 Å². The summed E-state index contributed by atoms with van der Waals surface area (Å²) in [4.78, 5) is 19.0. The van der Waals surface area contributed by atoms with E-state index < -0.39 is 15.3 Å². The molecule has 1 aliphatic rings. The predicted molar refractivity (Wildman–Crippen MR) is 120 cm³/mol. The molecule has 2 aromatic carbocycles. The Kier molecular flexibility index (Phi) is 6.36. The summed E-state index contributed by atoms with van der Waals surface area (Å²) in [5, 5.41) is -0.188. The Morgan fingerprint density at radius 3 is 2.48 bits per heavy atom. The number of thioether (sulfide) groups is 1. The van der Waals surface area contributed by atoms with Gasteiger partial charge in [0.05, 0.1) is 4.90 Å². The van der Waals surface area contributed by atoms with Crippen molar-refractivity contribution in [1.82, 2.24) is 14.2 Å². The van der Waals surface area contributed by atoms with Gasteiger partial charge in [0.25, 0.3) is 5.22 Å². The molecule has 1 atom stereocenters. The largest absolute Gasteiger partial charge is 0.431 e. The topological polar surface area (TPSA) is 83.7 Å². The van der Waals surface area contributed by atoms with Gasteiger partial charge in [-0.3, -0.25) is 4.79 Å². The molecular weight excluding hydrogens is 434 g/mol. The van der Waals surface area contributed by atoms with Crippen molar-refractivity contribution in [3.05, 3.63) is 54.1 Å². The Morgan fingerprint density at radius 1 is 1.10 bits per heavy atom. The van der Waals surface area contributed by atoms with Crippen LogP contribution < -0.4 is 0 Å². The van der Waals surface area contributed by atoms with Crippen molar-refractivity contribution in [2.24, 2.45) is 0 Å². The van der Waals surface area contributed by atoms with Gasteiger partial charge in [-0.15, -0.1) is 0 Å². The first kappa shape index (κ1) is 21.9. The quantitative estimate of drug-likeness (QED) is 0.520. The number of oxazole rings is 1. The number of benzene rings is 2. The van der Waals surface area contributed by atoms with Gasteiger partial charge in [-0.05, 0) is 48.4 Å². The van der Waals surface area contributed by atoms with Gasteiger partial charge in [-0.1, -0.05) is 36.8 Å². The van der Waals surface area contributed by atoms with E-state index in [1.165, 1.54) is 21.0 Å². The second-order valence-electron chi connectivity index (χ2n) is 7.72. The average Bonchev–Trinajstić information content (AvgIpc) is 3.20. The molecule has 1 amide bonds. The van der Waals surface area contributed by atoms with Crippen LogP contribution >= 0.6 is 11.8 Å². The first-order valence-corrected chi connectivity index (χ1v) is 12.5. The highest BCUT2D eigenvalue weighted by Crippen LogP contribution is 2.37. The molecule has 0 saturated carbocycles. The first-order valence-electron chi connectivity index (χ1n) is 10.2. The number of sulfonamides is 1. The molecule has 31 heavy (non-hydrogen) atoms. The minimum Gasteiger partial charge on any atom is -0.431 e. The second-order valence-corrected chi connectivity index (χ2v) is 10.7. The van der Waals surface area contributed by atoms with Crippen LogP contribution in [0.3, 0.4) is 0 Å². The molecule has 0 bridgehead atoms. The lowest BCUT2D eigenvalue weighted by Gasteiger charge is -2.25. The summed E-state index contributed by atoms with van der Waals surface area (Å²) in [6.45, 7) is 1.09. The van der Waals surface area contributed by atoms with Crippen molar-refractivity contribution in [3.63, 3.8) is 0 Å². The number of aromatic nitrogens is 1. The molecular formula is C22H25N3O4S2. The van der Waals surface area contributed by atoms with Crippen LogP contribution in [0, 0.1) is 0 Å². The molecule has 0 spiro atoms. The normalized spacial score (nSPS) is 16.3. The van der Waals surface area contributed by atoms with Crippen LogP contribution in [0.4, 0.5) is 0 Å². The lowest BCUT2D eigenvalue weighted by molar-refractivity contribution is -0.128. The van der Waals surface area contributed by atoms with E-state index in [0.717, 1.165) is 24.8 Å². The number of nitrogens with zero attached hydrogens (tertiary/aromatic N) is 3. The molecule has 9 heteroatoms. The van der Waals surface area contributed by atoms with Crippen LogP contribution in [-0.4, -0.2) is 55.7 Å². The fraction of sp³-hybridized carbons (Fsp3) is 0.364. The molecule has 0 aliphatic carbocycles. The molecule has 7 nitrogen and oxygen atoms in total. The summed E-state index contributed by atoms with van der Waals surface area (Å²) in [6, 6.07) is 14.2. The third-order valence-corrected chi connectivity index (χ3v) is 8.26. The fourth-order valence-corrected chi connectivity index (χ4v) is 6.21. The smallest absolute Gasteiger partial charge is 0.257 e. The Labute approximate surface area is 186 Å². The SMILES string of the molecule is CN(C)C(=O)C(Sc1nc2cc(S(=O)(=O)N3CCCCC3)ccc2o1)c1ccccc1. The second kappa shape index (κ2) is 9.02.